The maximum absolute atomic E-state index is 12.0. The summed E-state index contributed by atoms with van der Waals surface area (Å²) in [7, 11) is 0. The van der Waals surface area contributed by atoms with Crippen LogP contribution in [0.15, 0.2) is 17.2 Å². The van der Waals surface area contributed by atoms with Gasteiger partial charge in [-0.25, -0.2) is 4.98 Å². The summed E-state index contributed by atoms with van der Waals surface area (Å²) in [6, 6.07) is 0.411. The van der Waals surface area contributed by atoms with E-state index in [0.29, 0.717) is 11.9 Å². The summed E-state index contributed by atoms with van der Waals surface area (Å²) < 4.78 is 1.80. The lowest BCUT2D eigenvalue weighted by Crippen LogP contribution is -2.25. The predicted octanol–water partition coefficient (Wildman–Crippen LogP) is 2.43. The number of hydrogen-bond acceptors (Lipinski definition) is 3. The standard InChI is InChI=1S/C13H21N3O/c1-13(2,3)6-7-14-11-12(17)16(9-8-15-11)10-4-5-10/h8-10H,4-7H2,1-3H3,(H,14,15). The minimum Gasteiger partial charge on any atom is -0.365 e. The molecule has 1 aromatic heterocycles. The lowest BCUT2D eigenvalue weighted by molar-refractivity contribution is 0.389. The fourth-order valence-corrected chi connectivity index (χ4v) is 1.74. The summed E-state index contributed by atoms with van der Waals surface area (Å²) in [5.41, 5.74) is 0.293. The van der Waals surface area contributed by atoms with Crippen molar-refractivity contribution >= 4 is 5.82 Å². The van der Waals surface area contributed by atoms with E-state index in [0.717, 1.165) is 25.8 Å². The first-order valence-corrected chi connectivity index (χ1v) is 6.28. The topological polar surface area (TPSA) is 46.9 Å². The van der Waals surface area contributed by atoms with Crippen LogP contribution in [0.2, 0.25) is 0 Å². The molecule has 94 valence electrons. The highest BCUT2D eigenvalue weighted by atomic mass is 16.1. The summed E-state index contributed by atoms with van der Waals surface area (Å²) in [4.78, 5) is 16.2. The Bertz CT molecular complexity index is 441. The molecule has 0 aromatic carbocycles. The van der Waals surface area contributed by atoms with Crippen LogP contribution in [-0.2, 0) is 0 Å². The van der Waals surface area contributed by atoms with Crippen molar-refractivity contribution in [3.8, 4) is 0 Å². The molecule has 1 fully saturated rings. The van der Waals surface area contributed by atoms with Crippen molar-refractivity contribution in [1.82, 2.24) is 9.55 Å². The smallest absolute Gasteiger partial charge is 0.293 e. The average molecular weight is 235 g/mol. The molecule has 1 saturated carbocycles. The second-order valence-corrected chi connectivity index (χ2v) is 5.96. The normalized spacial score (nSPS) is 15.9. The summed E-state index contributed by atoms with van der Waals surface area (Å²) in [6.45, 7) is 7.36. The zero-order valence-electron chi connectivity index (χ0n) is 10.9. The van der Waals surface area contributed by atoms with E-state index in [9.17, 15) is 4.79 Å². The van der Waals surface area contributed by atoms with Crippen molar-refractivity contribution < 1.29 is 0 Å². The molecule has 1 aliphatic rings. The van der Waals surface area contributed by atoms with Gasteiger partial charge in [0.1, 0.15) is 0 Å². The van der Waals surface area contributed by atoms with Crippen LogP contribution >= 0.6 is 0 Å². The molecule has 1 heterocycles. The molecule has 1 aliphatic carbocycles. The maximum atomic E-state index is 12.0. The van der Waals surface area contributed by atoms with Crippen molar-refractivity contribution in [2.75, 3.05) is 11.9 Å². The fourth-order valence-electron chi connectivity index (χ4n) is 1.74. The van der Waals surface area contributed by atoms with E-state index in [1.54, 1.807) is 17.0 Å². The first-order valence-electron chi connectivity index (χ1n) is 6.28. The number of rotatable bonds is 4. The van der Waals surface area contributed by atoms with Gasteiger partial charge in [-0.2, -0.15) is 0 Å². The number of nitrogens with zero attached hydrogens (tertiary/aromatic N) is 2. The van der Waals surface area contributed by atoms with Gasteiger partial charge in [0.25, 0.3) is 5.56 Å². The highest BCUT2D eigenvalue weighted by Crippen LogP contribution is 2.33. The number of nitrogens with one attached hydrogen (secondary N) is 1. The Hall–Kier alpha value is -1.32. The van der Waals surface area contributed by atoms with Crippen LogP contribution in [0, 0.1) is 5.41 Å². The number of hydrogen-bond donors (Lipinski definition) is 1. The Labute approximate surface area is 102 Å². The molecular formula is C13H21N3O. The van der Waals surface area contributed by atoms with Gasteiger partial charge in [-0.1, -0.05) is 20.8 Å². The summed E-state index contributed by atoms with van der Waals surface area (Å²) in [5, 5.41) is 3.15. The summed E-state index contributed by atoms with van der Waals surface area (Å²) in [6.07, 6.45) is 6.75. The van der Waals surface area contributed by atoms with Crippen LogP contribution in [0.5, 0.6) is 0 Å². The van der Waals surface area contributed by atoms with Gasteiger partial charge in [0, 0.05) is 25.0 Å². The van der Waals surface area contributed by atoms with Crippen molar-refractivity contribution in [3.63, 3.8) is 0 Å². The largest absolute Gasteiger partial charge is 0.365 e. The third kappa shape index (κ3) is 3.32. The van der Waals surface area contributed by atoms with Crippen LogP contribution in [-0.4, -0.2) is 16.1 Å². The van der Waals surface area contributed by atoms with Crippen LogP contribution < -0.4 is 10.9 Å². The van der Waals surface area contributed by atoms with Gasteiger partial charge in [-0.05, 0) is 24.7 Å². The Morgan fingerprint density at radius 2 is 2.18 bits per heavy atom. The molecule has 1 aromatic rings. The molecule has 17 heavy (non-hydrogen) atoms. The van der Waals surface area contributed by atoms with Gasteiger partial charge in [0.15, 0.2) is 5.82 Å². The van der Waals surface area contributed by atoms with E-state index >= 15 is 0 Å². The third-order valence-electron chi connectivity index (χ3n) is 2.98. The predicted molar refractivity (Wildman–Crippen MR) is 69.3 cm³/mol. The second-order valence-electron chi connectivity index (χ2n) is 5.96. The molecule has 0 bridgehead atoms. The van der Waals surface area contributed by atoms with Gasteiger partial charge in [-0.15, -0.1) is 0 Å². The van der Waals surface area contributed by atoms with Crippen LogP contribution in [0.3, 0.4) is 0 Å². The molecule has 0 atom stereocenters. The fraction of sp³-hybridized carbons (Fsp3) is 0.692. The van der Waals surface area contributed by atoms with Gasteiger partial charge < -0.3 is 9.88 Å². The molecular weight excluding hydrogens is 214 g/mol. The Balaban J connectivity index is 2.01. The Kier molecular flexibility index (Phi) is 3.22. The lowest BCUT2D eigenvalue weighted by Gasteiger charge is -2.18. The molecule has 1 N–H and O–H groups in total. The van der Waals surface area contributed by atoms with Crippen LogP contribution in [0.4, 0.5) is 5.82 Å². The van der Waals surface area contributed by atoms with E-state index in [1.165, 1.54) is 0 Å². The van der Waals surface area contributed by atoms with Crippen molar-refractivity contribution in [2.24, 2.45) is 5.41 Å². The van der Waals surface area contributed by atoms with Crippen LogP contribution in [0.1, 0.15) is 46.1 Å². The van der Waals surface area contributed by atoms with E-state index in [4.69, 9.17) is 0 Å². The Morgan fingerprint density at radius 1 is 1.47 bits per heavy atom. The van der Waals surface area contributed by atoms with Crippen molar-refractivity contribution in [1.29, 1.82) is 0 Å². The highest BCUT2D eigenvalue weighted by Gasteiger charge is 2.25. The average Bonchev–Trinajstić information content (AvgIpc) is 3.02. The molecule has 0 unspecified atom stereocenters. The van der Waals surface area contributed by atoms with Gasteiger partial charge in [-0.3, -0.25) is 4.79 Å². The monoisotopic (exact) mass is 235 g/mol. The third-order valence-corrected chi connectivity index (χ3v) is 2.98. The van der Waals surface area contributed by atoms with Crippen molar-refractivity contribution in [2.45, 2.75) is 46.1 Å². The van der Waals surface area contributed by atoms with E-state index in [-0.39, 0.29) is 11.0 Å². The van der Waals surface area contributed by atoms with Gasteiger partial charge >= 0.3 is 0 Å². The SMILES string of the molecule is CC(C)(C)CCNc1nccn(C2CC2)c1=O. The minimum absolute atomic E-state index is 0.0175. The number of aromatic nitrogens is 2. The van der Waals surface area contributed by atoms with Gasteiger partial charge in [0.05, 0.1) is 0 Å². The summed E-state index contributed by atoms with van der Waals surface area (Å²) >= 11 is 0. The molecule has 0 aliphatic heterocycles. The molecule has 2 rings (SSSR count). The second kappa shape index (κ2) is 4.51. The maximum Gasteiger partial charge on any atom is 0.293 e. The van der Waals surface area contributed by atoms with E-state index in [1.807, 2.05) is 0 Å². The minimum atomic E-state index is 0.0175. The highest BCUT2D eigenvalue weighted by molar-refractivity contribution is 5.31. The lowest BCUT2D eigenvalue weighted by atomic mass is 9.92. The van der Waals surface area contributed by atoms with E-state index in [2.05, 4.69) is 31.1 Å². The molecule has 0 saturated heterocycles. The zero-order chi connectivity index (χ0) is 12.5. The quantitative estimate of drug-likeness (QED) is 0.872. The molecule has 4 nitrogen and oxygen atoms in total. The van der Waals surface area contributed by atoms with E-state index < -0.39 is 0 Å². The first-order chi connectivity index (χ1) is 7.97. The Morgan fingerprint density at radius 3 is 2.76 bits per heavy atom. The van der Waals surface area contributed by atoms with Crippen molar-refractivity contribution in [3.05, 3.63) is 22.7 Å². The molecule has 0 radical (unpaired) electrons. The summed E-state index contributed by atoms with van der Waals surface area (Å²) in [5.74, 6) is 0.489. The molecule has 4 heteroatoms. The molecule has 0 spiro atoms. The first kappa shape index (κ1) is 12.1. The van der Waals surface area contributed by atoms with Gasteiger partial charge in [0.2, 0.25) is 0 Å². The van der Waals surface area contributed by atoms with Crippen LogP contribution in [0.25, 0.3) is 0 Å². The molecule has 0 amide bonds. The zero-order valence-corrected chi connectivity index (χ0v) is 10.9. The number of anilines is 1.